The summed E-state index contributed by atoms with van der Waals surface area (Å²) in [5, 5.41) is 7.43. The maximum atomic E-state index is 5.25. The van der Waals surface area contributed by atoms with Crippen LogP contribution in [0.2, 0.25) is 0 Å². The molecule has 0 radical (unpaired) electrons. The summed E-state index contributed by atoms with van der Waals surface area (Å²) in [4.78, 5) is 8.38. The first-order chi connectivity index (χ1) is 9.72. The Morgan fingerprint density at radius 3 is 2.70 bits per heavy atom. The largest absolute Gasteiger partial charge is 0.478 e. The lowest BCUT2D eigenvalue weighted by molar-refractivity contribution is 0.188. The van der Waals surface area contributed by atoms with E-state index in [1.807, 2.05) is 10.9 Å². The number of rotatable bonds is 7. The van der Waals surface area contributed by atoms with E-state index in [4.69, 9.17) is 9.47 Å². The number of hydrogen-bond donors (Lipinski definition) is 1. The highest BCUT2D eigenvalue weighted by molar-refractivity contribution is 14.1. The van der Waals surface area contributed by atoms with Gasteiger partial charge in [-0.2, -0.15) is 0 Å². The number of halogens is 1. The monoisotopic (exact) mass is 389 g/mol. The summed E-state index contributed by atoms with van der Waals surface area (Å²) in [6, 6.07) is 0. The van der Waals surface area contributed by atoms with Crippen molar-refractivity contribution >= 4 is 34.2 Å². The van der Waals surface area contributed by atoms with E-state index in [9.17, 15) is 0 Å². The van der Waals surface area contributed by atoms with Crippen molar-refractivity contribution in [3.05, 3.63) is 22.2 Å². The normalized spacial score (nSPS) is 10.6. The number of methoxy groups -OCH3 is 2. The van der Waals surface area contributed by atoms with Crippen LogP contribution in [0, 0.1) is 3.57 Å². The maximum Gasteiger partial charge on any atom is 0.256 e. The molecule has 0 saturated carbocycles. The van der Waals surface area contributed by atoms with Crippen molar-refractivity contribution in [1.29, 1.82) is 0 Å². The summed E-state index contributed by atoms with van der Waals surface area (Å²) in [5.74, 6) is 1.03. The third kappa shape index (κ3) is 4.04. The topological polar surface area (TPSA) is 74.1 Å². The fourth-order valence-electron chi connectivity index (χ4n) is 1.62. The lowest BCUT2D eigenvalue weighted by atomic mass is 10.4. The van der Waals surface area contributed by atoms with Gasteiger partial charge < -0.3 is 14.8 Å². The van der Waals surface area contributed by atoms with Crippen molar-refractivity contribution in [3.8, 4) is 5.88 Å². The molecule has 0 aliphatic carbocycles. The van der Waals surface area contributed by atoms with Crippen LogP contribution in [0.3, 0.4) is 0 Å². The molecule has 0 aliphatic rings. The highest BCUT2D eigenvalue weighted by Crippen LogP contribution is 2.24. The van der Waals surface area contributed by atoms with Gasteiger partial charge in [0, 0.05) is 36.2 Å². The van der Waals surface area contributed by atoms with Gasteiger partial charge in [0.15, 0.2) is 0 Å². The van der Waals surface area contributed by atoms with Crippen LogP contribution >= 0.6 is 22.6 Å². The molecule has 2 aromatic rings. The van der Waals surface area contributed by atoms with Gasteiger partial charge in [0.05, 0.1) is 13.3 Å². The van der Waals surface area contributed by atoms with Crippen LogP contribution in [0.4, 0.5) is 11.6 Å². The molecule has 8 heteroatoms. The molecular weight excluding hydrogens is 373 g/mol. The second kappa shape index (κ2) is 7.39. The summed E-state index contributed by atoms with van der Waals surface area (Å²) in [5.41, 5.74) is 0.742. The van der Waals surface area contributed by atoms with Crippen molar-refractivity contribution in [2.45, 2.75) is 13.0 Å². The maximum absolute atomic E-state index is 5.25. The van der Waals surface area contributed by atoms with Crippen molar-refractivity contribution in [2.24, 2.45) is 0 Å². The molecule has 1 N–H and O–H groups in total. The quantitative estimate of drug-likeness (QED) is 0.578. The van der Waals surface area contributed by atoms with Crippen LogP contribution in [-0.2, 0) is 11.3 Å². The van der Waals surface area contributed by atoms with Gasteiger partial charge in [-0.3, -0.25) is 4.68 Å². The molecule has 0 spiro atoms. The highest BCUT2D eigenvalue weighted by Gasteiger charge is 2.10. The van der Waals surface area contributed by atoms with Crippen LogP contribution in [0.15, 0.2) is 18.6 Å². The van der Waals surface area contributed by atoms with E-state index in [2.05, 4.69) is 43.0 Å². The molecule has 0 atom stereocenters. The Morgan fingerprint density at radius 2 is 2.05 bits per heavy atom. The molecule has 2 rings (SSSR count). The first kappa shape index (κ1) is 15.0. The van der Waals surface area contributed by atoms with Crippen molar-refractivity contribution in [1.82, 2.24) is 19.7 Å². The zero-order valence-corrected chi connectivity index (χ0v) is 13.5. The summed E-state index contributed by atoms with van der Waals surface area (Å²) in [7, 11) is 3.27. The smallest absolute Gasteiger partial charge is 0.256 e. The lowest BCUT2D eigenvalue weighted by Gasteiger charge is -2.02. The molecule has 2 aromatic heterocycles. The lowest BCUT2D eigenvalue weighted by Crippen LogP contribution is -2.02. The first-order valence-electron chi connectivity index (χ1n) is 6.08. The Hall–Kier alpha value is -1.42. The van der Waals surface area contributed by atoms with E-state index in [0.717, 1.165) is 22.2 Å². The number of ether oxygens (including phenoxy) is 2. The SMILES string of the molecule is COCCCn1cc(Nc2ncc(I)cn2)c(OC)n1. The van der Waals surface area contributed by atoms with Gasteiger partial charge in [0.2, 0.25) is 5.95 Å². The van der Waals surface area contributed by atoms with E-state index < -0.39 is 0 Å². The number of nitrogens with one attached hydrogen (secondary N) is 1. The Balaban J connectivity index is 2.07. The van der Waals surface area contributed by atoms with Crippen LogP contribution in [0.5, 0.6) is 5.88 Å². The van der Waals surface area contributed by atoms with Gasteiger partial charge in [0.25, 0.3) is 5.88 Å². The minimum atomic E-state index is 0.514. The predicted molar refractivity (Wildman–Crippen MR) is 83.3 cm³/mol. The zero-order chi connectivity index (χ0) is 14.4. The van der Waals surface area contributed by atoms with E-state index in [-0.39, 0.29) is 0 Å². The molecule has 0 amide bonds. The van der Waals surface area contributed by atoms with Crippen LogP contribution in [0.25, 0.3) is 0 Å². The van der Waals surface area contributed by atoms with Gasteiger partial charge in [-0.1, -0.05) is 0 Å². The molecule has 108 valence electrons. The fraction of sp³-hybridized carbons (Fsp3) is 0.417. The summed E-state index contributed by atoms with van der Waals surface area (Å²) >= 11 is 2.16. The average Bonchev–Trinajstić information content (AvgIpc) is 2.84. The minimum Gasteiger partial charge on any atom is -0.478 e. The summed E-state index contributed by atoms with van der Waals surface area (Å²) in [6.07, 6.45) is 6.24. The average molecular weight is 389 g/mol. The summed E-state index contributed by atoms with van der Waals surface area (Å²) in [6.45, 7) is 1.46. The molecule has 20 heavy (non-hydrogen) atoms. The van der Waals surface area contributed by atoms with Gasteiger partial charge in [-0.25, -0.2) is 9.97 Å². The Morgan fingerprint density at radius 1 is 1.30 bits per heavy atom. The molecule has 0 aromatic carbocycles. The minimum absolute atomic E-state index is 0.514. The van der Waals surface area contributed by atoms with Gasteiger partial charge in [-0.15, -0.1) is 5.10 Å². The number of nitrogens with zero attached hydrogens (tertiary/aromatic N) is 4. The van der Waals surface area contributed by atoms with Gasteiger partial charge >= 0.3 is 0 Å². The standard InChI is InChI=1S/C12H16IN5O2/c1-19-5-3-4-18-8-10(11(17-18)20-2)16-12-14-6-9(13)7-15-12/h6-8H,3-5H2,1-2H3,(H,14,15,16). The molecule has 0 bridgehead atoms. The van der Waals surface area contributed by atoms with Gasteiger partial charge in [-0.05, 0) is 29.0 Å². The van der Waals surface area contributed by atoms with Crippen molar-refractivity contribution in [3.63, 3.8) is 0 Å². The molecular formula is C12H16IN5O2. The van der Waals surface area contributed by atoms with Crippen LogP contribution in [-0.4, -0.2) is 40.6 Å². The van der Waals surface area contributed by atoms with Crippen LogP contribution < -0.4 is 10.1 Å². The number of hydrogen-bond acceptors (Lipinski definition) is 6. The molecule has 2 heterocycles. The van der Waals surface area contributed by atoms with Gasteiger partial charge in [0.1, 0.15) is 5.69 Å². The third-order valence-electron chi connectivity index (χ3n) is 2.52. The second-order valence-corrected chi connectivity index (χ2v) is 5.26. The Labute approximate surface area is 130 Å². The van der Waals surface area contributed by atoms with Crippen LogP contribution in [0.1, 0.15) is 6.42 Å². The Kier molecular flexibility index (Phi) is 5.53. The predicted octanol–water partition coefficient (Wildman–Crippen LogP) is 2.07. The third-order valence-corrected chi connectivity index (χ3v) is 3.08. The molecule has 0 saturated heterocycles. The molecule has 7 nitrogen and oxygen atoms in total. The molecule has 0 fully saturated rings. The highest BCUT2D eigenvalue weighted by atomic mass is 127. The van der Waals surface area contributed by atoms with Crippen molar-refractivity contribution in [2.75, 3.05) is 26.1 Å². The number of anilines is 2. The molecule has 0 aliphatic heterocycles. The zero-order valence-electron chi connectivity index (χ0n) is 11.3. The summed E-state index contributed by atoms with van der Waals surface area (Å²) < 4.78 is 13.1. The van der Waals surface area contributed by atoms with E-state index >= 15 is 0 Å². The van der Waals surface area contributed by atoms with Crippen molar-refractivity contribution < 1.29 is 9.47 Å². The van der Waals surface area contributed by atoms with E-state index in [1.165, 1.54) is 0 Å². The second-order valence-electron chi connectivity index (χ2n) is 4.01. The number of aromatic nitrogens is 4. The first-order valence-corrected chi connectivity index (χ1v) is 7.15. The molecule has 0 unspecified atom stereocenters. The Bertz CT molecular complexity index is 543. The van der Waals surface area contributed by atoms with E-state index in [0.29, 0.717) is 18.4 Å². The fourth-order valence-corrected chi connectivity index (χ4v) is 1.90. The van der Waals surface area contributed by atoms with E-state index in [1.54, 1.807) is 26.6 Å². The number of aryl methyl sites for hydroxylation is 1.